The summed E-state index contributed by atoms with van der Waals surface area (Å²) >= 11 is 0. The lowest BCUT2D eigenvalue weighted by atomic mass is 9.84. The molecule has 1 aliphatic rings. The third kappa shape index (κ3) is 14.8. The first-order valence-electron chi connectivity index (χ1n) is 11.4. The second-order valence-corrected chi connectivity index (χ2v) is 8.10. The van der Waals surface area contributed by atoms with Crippen LogP contribution in [0, 0.1) is 5.92 Å². The molecule has 0 aromatic heterocycles. The maximum atomic E-state index is 11.7. The van der Waals surface area contributed by atoms with Crippen molar-refractivity contribution < 1.29 is 33.5 Å². The lowest BCUT2D eigenvalue weighted by Gasteiger charge is -2.32. The van der Waals surface area contributed by atoms with Crippen LogP contribution < -0.4 is 31.9 Å². The fourth-order valence-corrected chi connectivity index (χ4v) is 3.01. The Morgan fingerprint density at radius 2 is 1.24 bits per heavy atom. The smallest absolute Gasteiger partial charge is 0.241 e. The minimum atomic E-state index is -0.591. The third-order valence-corrected chi connectivity index (χ3v) is 5.01. The molecule has 13 heteroatoms. The number of carbonyl (C=O) groups excluding carboxylic acids is 6. The Kier molecular flexibility index (Phi) is 14.6. The summed E-state index contributed by atoms with van der Waals surface area (Å²) in [4.78, 5) is 68.5. The normalized spacial score (nSPS) is 16.4. The van der Waals surface area contributed by atoms with Crippen molar-refractivity contribution in [2.45, 2.75) is 51.6 Å². The number of hydrogen-bond acceptors (Lipinski definition) is 7. The molecule has 0 heterocycles. The van der Waals surface area contributed by atoms with Crippen LogP contribution in [0.25, 0.3) is 0 Å². The van der Waals surface area contributed by atoms with Crippen molar-refractivity contribution in [2.24, 2.45) is 5.92 Å². The van der Waals surface area contributed by atoms with E-state index in [1.807, 2.05) is 0 Å². The van der Waals surface area contributed by atoms with Gasteiger partial charge in [-0.15, -0.1) is 0 Å². The van der Waals surface area contributed by atoms with E-state index in [-0.39, 0.29) is 51.3 Å². The summed E-state index contributed by atoms with van der Waals surface area (Å²) < 4.78 is 5.44. The molecular formula is C21H36N6O7. The van der Waals surface area contributed by atoms with E-state index in [0.29, 0.717) is 25.3 Å². The maximum absolute atomic E-state index is 11.7. The van der Waals surface area contributed by atoms with Gasteiger partial charge in [0, 0.05) is 13.0 Å². The average molecular weight is 485 g/mol. The van der Waals surface area contributed by atoms with E-state index >= 15 is 0 Å². The van der Waals surface area contributed by atoms with E-state index in [1.54, 1.807) is 0 Å². The summed E-state index contributed by atoms with van der Waals surface area (Å²) in [5, 5.41) is 14.5. The number of rotatable bonds is 18. The third-order valence-electron chi connectivity index (χ3n) is 5.01. The highest BCUT2D eigenvalue weighted by Gasteiger charge is 2.25. The van der Waals surface area contributed by atoms with Crippen LogP contribution >= 0.6 is 0 Å². The summed E-state index contributed by atoms with van der Waals surface area (Å²) in [5.41, 5.74) is 0. The van der Waals surface area contributed by atoms with Gasteiger partial charge in [0.25, 0.3) is 0 Å². The summed E-state index contributed by atoms with van der Waals surface area (Å²) in [6.07, 6.45) is 5.17. The lowest BCUT2D eigenvalue weighted by Crippen LogP contribution is -2.46. The molecule has 34 heavy (non-hydrogen) atoms. The SMILES string of the molecule is CC1CC(OCNC(=O)CNC(=O)CNC(=O)CNC(=O)CNC(=O)CCCCCNC=O)C1. The first-order chi connectivity index (χ1) is 16.3. The van der Waals surface area contributed by atoms with Crippen LogP contribution in [0.2, 0.25) is 0 Å². The number of amides is 6. The van der Waals surface area contributed by atoms with Crippen molar-refractivity contribution in [1.82, 2.24) is 31.9 Å². The van der Waals surface area contributed by atoms with Gasteiger partial charge in [0.15, 0.2) is 0 Å². The molecule has 0 radical (unpaired) electrons. The maximum Gasteiger partial charge on any atom is 0.241 e. The van der Waals surface area contributed by atoms with Crippen LogP contribution in [0.15, 0.2) is 0 Å². The first-order valence-corrected chi connectivity index (χ1v) is 11.4. The van der Waals surface area contributed by atoms with Gasteiger partial charge in [0.2, 0.25) is 35.9 Å². The van der Waals surface area contributed by atoms with E-state index in [4.69, 9.17) is 4.74 Å². The summed E-state index contributed by atoms with van der Waals surface area (Å²) in [5.74, 6) is -1.74. The summed E-state index contributed by atoms with van der Waals surface area (Å²) in [7, 11) is 0. The number of ether oxygens (including phenoxy) is 1. The minimum Gasteiger partial charge on any atom is -0.359 e. The van der Waals surface area contributed by atoms with Crippen molar-refractivity contribution in [3.8, 4) is 0 Å². The molecule has 13 nitrogen and oxygen atoms in total. The van der Waals surface area contributed by atoms with Gasteiger partial charge < -0.3 is 36.6 Å². The molecule has 1 fully saturated rings. The zero-order valence-corrected chi connectivity index (χ0v) is 19.6. The monoisotopic (exact) mass is 484 g/mol. The van der Waals surface area contributed by atoms with E-state index < -0.39 is 23.6 Å². The van der Waals surface area contributed by atoms with Gasteiger partial charge in [-0.25, -0.2) is 0 Å². The Labute approximate surface area is 198 Å². The first kappa shape index (κ1) is 28.8. The predicted molar refractivity (Wildman–Crippen MR) is 121 cm³/mol. The van der Waals surface area contributed by atoms with E-state index in [1.165, 1.54) is 0 Å². The van der Waals surface area contributed by atoms with E-state index in [2.05, 4.69) is 38.8 Å². The van der Waals surface area contributed by atoms with Crippen LogP contribution in [-0.4, -0.2) is 81.5 Å². The van der Waals surface area contributed by atoms with Crippen molar-refractivity contribution in [3.63, 3.8) is 0 Å². The number of carbonyl (C=O) groups is 6. The number of unbranched alkanes of at least 4 members (excludes halogenated alkanes) is 2. The van der Waals surface area contributed by atoms with E-state index in [9.17, 15) is 28.8 Å². The fraction of sp³-hybridized carbons (Fsp3) is 0.714. The van der Waals surface area contributed by atoms with Crippen molar-refractivity contribution in [3.05, 3.63) is 0 Å². The molecule has 6 amide bonds. The Morgan fingerprint density at radius 3 is 1.74 bits per heavy atom. The molecule has 0 spiro atoms. The second-order valence-electron chi connectivity index (χ2n) is 8.10. The van der Waals surface area contributed by atoms with Gasteiger partial charge in [-0.05, 0) is 31.6 Å². The topological polar surface area (TPSA) is 184 Å². The quantitative estimate of drug-likeness (QED) is 0.0714. The molecule has 0 aliphatic heterocycles. The Hall–Kier alpha value is -3.22. The highest BCUT2D eigenvalue weighted by Crippen LogP contribution is 2.28. The predicted octanol–water partition coefficient (Wildman–Crippen LogP) is -2.35. The molecule has 1 rings (SSSR count). The average Bonchev–Trinajstić information content (AvgIpc) is 2.79. The van der Waals surface area contributed by atoms with Crippen LogP contribution in [0.4, 0.5) is 0 Å². The number of hydrogen-bond donors (Lipinski definition) is 6. The highest BCUT2D eigenvalue weighted by molar-refractivity contribution is 5.91. The fourth-order valence-electron chi connectivity index (χ4n) is 3.01. The lowest BCUT2D eigenvalue weighted by molar-refractivity contribution is -0.129. The van der Waals surface area contributed by atoms with Gasteiger partial charge >= 0.3 is 0 Å². The van der Waals surface area contributed by atoms with Gasteiger partial charge in [-0.2, -0.15) is 0 Å². The van der Waals surface area contributed by atoms with Gasteiger partial charge in [0.1, 0.15) is 6.73 Å². The largest absolute Gasteiger partial charge is 0.359 e. The molecule has 0 atom stereocenters. The molecule has 0 aromatic rings. The highest BCUT2D eigenvalue weighted by atomic mass is 16.5. The van der Waals surface area contributed by atoms with E-state index in [0.717, 1.165) is 25.7 Å². The van der Waals surface area contributed by atoms with Gasteiger partial charge in [-0.1, -0.05) is 13.3 Å². The molecule has 192 valence electrons. The Bertz CT molecular complexity index is 697. The minimum absolute atomic E-state index is 0.0865. The van der Waals surface area contributed by atoms with Crippen molar-refractivity contribution in [2.75, 3.05) is 39.5 Å². The standard InChI is InChI=1S/C21H36N6O7/c1-15-7-16(8-15)34-14-27-21(33)12-26-20(32)11-25-19(31)10-24-18(30)9-23-17(29)5-3-2-4-6-22-13-28/h13,15-16H,2-12,14H2,1H3,(H,22,28)(H,23,29)(H,24,30)(H,25,31)(H,26,32)(H,27,33). The zero-order chi connectivity index (χ0) is 25.2. The molecule has 1 aliphatic carbocycles. The molecule has 1 saturated carbocycles. The summed E-state index contributed by atoms with van der Waals surface area (Å²) in [6.45, 7) is 1.55. The Balaban J connectivity index is 1.99. The van der Waals surface area contributed by atoms with Crippen LogP contribution in [0.3, 0.4) is 0 Å². The molecule has 0 unspecified atom stereocenters. The van der Waals surface area contributed by atoms with Crippen molar-refractivity contribution >= 4 is 35.9 Å². The molecule has 0 saturated heterocycles. The molecule has 6 N–H and O–H groups in total. The van der Waals surface area contributed by atoms with Gasteiger partial charge in [-0.3, -0.25) is 28.8 Å². The second kappa shape index (κ2) is 17.3. The molecular weight excluding hydrogens is 448 g/mol. The van der Waals surface area contributed by atoms with Crippen molar-refractivity contribution in [1.29, 1.82) is 0 Å². The molecule has 0 bridgehead atoms. The number of nitrogens with one attached hydrogen (secondary N) is 6. The Morgan fingerprint density at radius 1 is 0.735 bits per heavy atom. The molecule has 0 aromatic carbocycles. The van der Waals surface area contributed by atoms with Crippen LogP contribution in [-0.2, 0) is 33.5 Å². The zero-order valence-electron chi connectivity index (χ0n) is 19.6. The summed E-state index contributed by atoms with van der Waals surface area (Å²) in [6, 6.07) is 0. The van der Waals surface area contributed by atoms with Gasteiger partial charge in [0.05, 0.1) is 32.3 Å². The van der Waals surface area contributed by atoms with Crippen LogP contribution in [0.5, 0.6) is 0 Å². The van der Waals surface area contributed by atoms with Crippen LogP contribution in [0.1, 0.15) is 45.4 Å².